The molecule has 1 aromatic rings. The molecule has 0 saturated heterocycles. The summed E-state index contributed by atoms with van der Waals surface area (Å²) in [6.07, 6.45) is 0.150. The molecule has 7 heteroatoms. The summed E-state index contributed by atoms with van der Waals surface area (Å²) >= 11 is 0. The zero-order valence-electron chi connectivity index (χ0n) is 10.7. The molecule has 0 bridgehead atoms. The molecule has 0 saturated carbocycles. The Hall–Kier alpha value is -1.76. The number of Topliss-reactive ketones (excluding diaryl/α,β-unsaturated/α-hetero) is 1. The van der Waals surface area contributed by atoms with Crippen molar-refractivity contribution >= 4 is 21.3 Å². The number of ketones is 1. The number of benzene rings is 1. The van der Waals surface area contributed by atoms with Gasteiger partial charge in [0.15, 0.2) is 15.6 Å². The van der Waals surface area contributed by atoms with Crippen LogP contribution in [0.25, 0.3) is 0 Å². The van der Waals surface area contributed by atoms with Crippen LogP contribution in [0, 0.1) is 10.1 Å². The van der Waals surface area contributed by atoms with E-state index in [4.69, 9.17) is 0 Å². The fourth-order valence-corrected chi connectivity index (χ4v) is 3.13. The van der Waals surface area contributed by atoms with Crippen molar-refractivity contribution < 1.29 is 18.1 Å². The topological polar surface area (TPSA) is 94.3 Å². The second kappa shape index (κ2) is 5.92. The van der Waals surface area contributed by atoms with Crippen LogP contribution < -0.4 is 0 Å². The maximum Gasteiger partial charge on any atom is 0.270 e. The van der Waals surface area contributed by atoms with Gasteiger partial charge in [0, 0.05) is 23.4 Å². The number of rotatable bonds is 6. The SMILES string of the molecule is CC[C@@H](C(=O)c1cccc([N+](=O)[O-])c1)S(=O)(=O)CC. The van der Waals surface area contributed by atoms with Crippen LogP contribution in [0.2, 0.25) is 0 Å². The highest BCUT2D eigenvalue weighted by Crippen LogP contribution is 2.18. The first-order chi connectivity index (χ1) is 8.83. The van der Waals surface area contributed by atoms with Crippen LogP contribution >= 0.6 is 0 Å². The lowest BCUT2D eigenvalue weighted by Gasteiger charge is -2.13. The third kappa shape index (κ3) is 3.37. The van der Waals surface area contributed by atoms with E-state index in [2.05, 4.69) is 0 Å². The molecule has 0 heterocycles. The monoisotopic (exact) mass is 285 g/mol. The standard InChI is InChI=1S/C12H15NO5S/c1-3-11(19(17,18)4-2)12(14)9-6-5-7-10(8-9)13(15)16/h5-8,11H,3-4H2,1-2H3/t11-/m0/s1. The Morgan fingerprint density at radius 3 is 2.47 bits per heavy atom. The molecule has 1 rings (SSSR count). The Morgan fingerprint density at radius 2 is 2.00 bits per heavy atom. The third-order valence-electron chi connectivity index (χ3n) is 2.84. The molecule has 0 spiro atoms. The normalized spacial score (nSPS) is 12.9. The van der Waals surface area contributed by atoms with E-state index in [1.807, 2.05) is 0 Å². The van der Waals surface area contributed by atoms with Crippen molar-refractivity contribution in [1.82, 2.24) is 0 Å². The number of carbonyl (C=O) groups excluding carboxylic acids is 1. The number of nitrogens with zero attached hydrogens (tertiary/aromatic N) is 1. The number of nitro groups is 1. The summed E-state index contributed by atoms with van der Waals surface area (Å²) in [6, 6.07) is 5.13. The number of nitro benzene ring substituents is 1. The van der Waals surface area contributed by atoms with E-state index >= 15 is 0 Å². The molecule has 1 atom stereocenters. The van der Waals surface area contributed by atoms with E-state index in [0.29, 0.717) is 0 Å². The number of carbonyl (C=O) groups is 1. The highest BCUT2D eigenvalue weighted by Gasteiger charge is 2.30. The highest BCUT2D eigenvalue weighted by atomic mass is 32.2. The zero-order valence-corrected chi connectivity index (χ0v) is 11.5. The van der Waals surface area contributed by atoms with Crippen molar-refractivity contribution in [3.63, 3.8) is 0 Å². The van der Waals surface area contributed by atoms with Gasteiger partial charge in [0.05, 0.1) is 4.92 Å². The molecule has 0 amide bonds. The second-order valence-electron chi connectivity index (χ2n) is 4.02. The minimum absolute atomic E-state index is 0.0538. The van der Waals surface area contributed by atoms with Crippen molar-refractivity contribution in [2.75, 3.05) is 5.75 Å². The lowest BCUT2D eigenvalue weighted by Crippen LogP contribution is -2.31. The molecule has 0 radical (unpaired) electrons. The van der Waals surface area contributed by atoms with Crippen LogP contribution in [-0.4, -0.2) is 30.1 Å². The minimum Gasteiger partial charge on any atom is -0.293 e. The van der Waals surface area contributed by atoms with E-state index < -0.39 is 25.8 Å². The summed E-state index contributed by atoms with van der Waals surface area (Å²) in [5.41, 5.74) is -0.173. The lowest BCUT2D eigenvalue weighted by atomic mass is 10.1. The first-order valence-corrected chi connectivity index (χ1v) is 7.55. The van der Waals surface area contributed by atoms with Crippen LogP contribution in [0.5, 0.6) is 0 Å². The molecule has 0 aliphatic carbocycles. The first-order valence-electron chi connectivity index (χ1n) is 5.83. The van der Waals surface area contributed by atoms with Crippen molar-refractivity contribution in [1.29, 1.82) is 0 Å². The van der Waals surface area contributed by atoms with Gasteiger partial charge >= 0.3 is 0 Å². The molecule has 0 fully saturated rings. The fraction of sp³-hybridized carbons (Fsp3) is 0.417. The largest absolute Gasteiger partial charge is 0.293 e. The maximum absolute atomic E-state index is 12.2. The molecule has 0 aliphatic heterocycles. The van der Waals surface area contributed by atoms with Crippen LogP contribution in [0.4, 0.5) is 5.69 Å². The average Bonchev–Trinajstić information content (AvgIpc) is 2.39. The maximum atomic E-state index is 12.2. The zero-order chi connectivity index (χ0) is 14.6. The Labute approximate surface area is 111 Å². The van der Waals surface area contributed by atoms with Gasteiger partial charge in [0.2, 0.25) is 0 Å². The molecule has 0 aliphatic rings. The van der Waals surface area contributed by atoms with Gasteiger partial charge in [-0.2, -0.15) is 0 Å². The smallest absolute Gasteiger partial charge is 0.270 e. The van der Waals surface area contributed by atoms with Crippen LogP contribution in [-0.2, 0) is 9.84 Å². The van der Waals surface area contributed by atoms with Gasteiger partial charge in [-0.25, -0.2) is 8.42 Å². The average molecular weight is 285 g/mol. The van der Waals surface area contributed by atoms with E-state index in [1.54, 1.807) is 6.92 Å². The van der Waals surface area contributed by atoms with E-state index in [1.165, 1.54) is 25.1 Å². The van der Waals surface area contributed by atoms with Gasteiger partial charge in [-0.05, 0) is 6.42 Å². The molecule has 6 nitrogen and oxygen atoms in total. The number of hydrogen-bond acceptors (Lipinski definition) is 5. The lowest BCUT2D eigenvalue weighted by molar-refractivity contribution is -0.384. The molecule has 0 unspecified atom stereocenters. The molecule has 0 N–H and O–H groups in total. The summed E-state index contributed by atoms with van der Waals surface area (Å²) in [4.78, 5) is 22.2. The van der Waals surface area contributed by atoms with Crippen molar-refractivity contribution in [2.45, 2.75) is 25.5 Å². The molecule has 0 aromatic heterocycles. The predicted molar refractivity (Wildman–Crippen MR) is 71.0 cm³/mol. The first kappa shape index (κ1) is 15.3. The molecular formula is C12H15NO5S. The number of sulfone groups is 1. The molecule has 19 heavy (non-hydrogen) atoms. The number of non-ortho nitro benzene ring substituents is 1. The van der Waals surface area contributed by atoms with Gasteiger partial charge in [-0.15, -0.1) is 0 Å². The van der Waals surface area contributed by atoms with Gasteiger partial charge in [-0.1, -0.05) is 26.0 Å². The molecule has 104 valence electrons. The van der Waals surface area contributed by atoms with E-state index in [0.717, 1.165) is 6.07 Å². The Morgan fingerprint density at radius 1 is 1.37 bits per heavy atom. The van der Waals surface area contributed by atoms with Crippen molar-refractivity contribution in [3.05, 3.63) is 39.9 Å². The molecule has 1 aromatic carbocycles. The van der Waals surface area contributed by atoms with Gasteiger partial charge in [0.1, 0.15) is 5.25 Å². The van der Waals surface area contributed by atoms with Crippen molar-refractivity contribution in [3.8, 4) is 0 Å². The second-order valence-corrected chi connectivity index (χ2v) is 6.49. The highest BCUT2D eigenvalue weighted by molar-refractivity contribution is 7.92. The summed E-state index contributed by atoms with van der Waals surface area (Å²) in [5, 5.41) is 9.50. The minimum atomic E-state index is -3.51. The summed E-state index contributed by atoms with van der Waals surface area (Å²) < 4.78 is 23.6. The van der Waals surface area contributed by atoms with Crippen LogP contribution in [0.3, 0.4) is 0 Å². The van der Waals surface area contributed by atoms with E-state index in [9.17, 15) is 23.3 Å². The van der Waals surface area contributed by atoms with Gasteiger partial charge in [-0.3, -0.25) is 14.9 Å². The quantitative estimate of drug-likeness (QED) is 0.452. The van der Waals surface area contributed by atoms with Gasteiger partial charge < -0.3 is 0 Å². The fourth-order valence-electron chi connectivity index (χ4n) is 1.76. The third-order valence-corrected chi connectivity index (χ3v) is 5.06. The predicted octanol–water partition coefficient (Wildman–Crippen LogP) is 1.99. The molecular weight excluding hydrogens is 270 g/mol. The summed E-state index contributed by atoms with van der Waals surface area (Å²) in [6.45, 7) is 3.08. The summed E-state index contributed by atoms with van der Waals surface area (Å²) in [7, 11) is -3.51. The Balaban J connectivity index is 3.19. The van der Waals surface area contributed by atoms with Crippen LogP contribution in [0.15, 0.2) is 24.3 Å². The van der Waals surface area contributed by atoms with Crippen molar-refractivity contribution in [2.24, 2.45) is 0 Å². The summed E-state index contributed by atoms with van der Waals surface area (Å²) in [5.74, 6) is -0.723. The Bertz CT molecular complexity index is 594. The number of hydrogen-bond donors (Lipinski definition) is 0. The van der Waals surface area contributed by atoms with Gasteiger partial charge in [0.25, 0.3) is 5.69 Å². The van der Waals surface area contributed by atoms with Crippen LogP contribution in [0.1, 0.15) is 30.6 Å². The Kier molecular flexibility index (Phi) is 4.77. The van der Waals surface area contributed by atoms with E-state index in [-0.39, 0.29) is 23.4 Å².